The molecule has 0 saturated carbocycles. The van der Waals surface area contributed by atoms with Gasteiger partial charge in [0.25, 0.3) is 0 Å². The van der Waals surface area contributed by atoms with Crippen LogP contribution in [0.4, 0.5) is 8.78 Å². The molecule has 1 rings (SSSR count). The molecular formula is C10H11BrF2O3. The molecule has 2 unspecified atom stereocenters. The van der Waals surface area contributed by atoms with Gasteiger partial charge in [-0.05, 0) is 12.5 Å². The molecule has 90 valence electrons. The molecule has 0 aliphatic heterocycles. The van der Waals surface area contributed by atoms with Gasteiger partial charge in [-0.3, -0.25) is 0 Å². The number of benzene rings is 1. The fourth-order valence-electron chi connectivity index (χ4n) is 1.32. The third-order valence-corrected chi connectivity index (χ3v) is 2.79. The summed E-state index contributed by atoms with van der Waals surface area (Å²) in [5.74, 6) is -1.73. The van der Waals surface area contributed by atoms with Crippen molar-refractivity contribution in [2.24, 2.45) is 0 Å². The van der Waals surface area contributed by atoms with Crippen LogP contribution in [0.15, 0.2) is 16.6 Å². The molecule has 2 atom stereocenters. The van der Waals surface area contributed by atoms with E-state index in [1.54, 1.807) is 0 Å². The zero-order valence-corrected chi connectivity index (χ0v) is 9.79. The molecule has 0 spiro atoms. The first-order valence-electron chi connectivity index (χ1n) is 4.58. The van der Waals surface area contributed by atoms with E-state index in [0.717, 1.165) is 6.07 Å². The van der Waals surface area contributed by atoms with E-state index in [2.05, 4.69) is 15.9 Å². The van der Waals surface area contributed by atoms with Crippen molar-refractivity contribution in [3.8, 4) is 0 Å². The summed E-state index contributed by atoms with van der Waals surface area (Å²) in [5, 5.41) is 27.6. The Bertz CT molecular complexity index is 350. The molecule has 0 aromatic heterocycles. The highest BCUT2D eigenvalue weighted by Gasteiger charge is 2.24. The third-order valence-electron chi connectivity index (χ3n) is 2.13. The molecule has 0 fully saturated rings. The van der Waals surface area contributed by atoms with Gasteiger partial charge in [-0.2, -0.15) is 0 Å². The third kappa shape index (κ3) is 2.98. The molecule has 0 radical (unpaired) electrons. The minimum absolute atomic E-state index is 0.0366. The van der Waals surface area contributed by atoms with Gasteiger partial charge < -0.3 is 15.3 Å². The zero-order chi connectivity index (χ0) is 12.3. The highest BCUT2D eigenvalue weighted by atomic mass is 79.9. The first-order chi connectivity index (χ1) is 7.47. The predicted octanol–water partition coefficient (Wildman–Crippen LogP) is 1.50. The topological polar surface area (TPSA) is 60.7 Å². The monoisotopic (exact) mass is 296 g/mol. The zero-order valence-electron chi connectivity index (χ0n) is 8.20. The number of aliphatic hydroxyl groups is 3. The second kappa shape index (κ2) is 5.67. The summed E-state index contributed by atoms with van der Waals surface area (Å²) in [5.41, 5.74) is -0.220. The minimum atomic E-state index is -1.51. The highest BCUT2D eigenvalue weighted by Crippen LogP contribution is 2.30. The highest BCUT2D eigenvalue weighted by molar-refractivity contribution is 9.10. The normalized spacial score (nSPS) is 14.9. The van der Waals surface area contributed by atoms with Gasteiger partial charge in [0.1, 0.15) is 17.7 Å². The lowest BCUT2D eigenvalue weighted by molar-refractivity contribution is 0.00189. The van der Waals surface area contributed by atoms with Crippen molar-refractivity contribution >= 4 is 15.9 Å². The predicted molar refractivity (Wildman–Crippen MR) is 56.7 cm³/mol. The molecule has 1 aromatic rings. The maximum atomic E-state index is 13.4. The van der Waals surface area contributed by atoms with Crippen molar-refractivity contribution in [3.05, 3.63) is 33.8 Å². The average molecular weight is 297 g/mol. The Labute approximate surface area is 99.5 Å². The lowest BCUT2D eigenvalue weighted by atomic mass is 10.0. The lowest BCUT2D eigenvalue weighted by Crippen LogP contribution is -2.21. The van der Waals surface area contributed by atoms with Crippen molar-refractivity contribution in [2.75, 3.05) is 6.61 Å². The van der Waals surface area contributed by atoms with Crippen molar-refractivity contribution < 1.29 is 24.1 Å². The number of halogens is 3. The molecule has 0 saturated heterocycles. The summed E-state index contributed by atoms with van der Waals surface area (Å²) in [6.45, 7) is -0.335. The Hall–Kier alpha value is -0.560. The van der Waals surface area contributed by atoms with E-state index in [1.165, 1.54) is 0 Å². The first kappa shape index (κ1) is 13.5. The molecule has 3 nitrogen and oxygen atoms in total. The number of aliphatic hydroxyl groups excluding tert-OH is 3. The standard InChI is InChI=1S/C10H11BrF2O3/c11-6-3-5(12)4-7(13)9(6)10(16)8(15)1-2-14/h3-4,8,10,14-16H,1-2H2. The van der Waals surface area contributed by atoms with Gasteiger partial charge in [0.15, 0.2) is 0 Å². The molecular weight excluding hydrogens is 286 g/mol. The van der Waals surface area contributed by atoms with Crippen molar-refractivity contribution in [3.63, 3.8) is 0 Å². The van der Waals surface area contributed by atoms with Gasteiger partial charge in [0, 0.05) is 22.7 Å². The molecule has 1 aromatic carbocycles. The van der Waals surface area contributed by atoms with Crippen molar-refractivity contribution in [1.29, 1.82) is 0 Å². The quantitative estimate of drug-likeness (QED) is 0.789. The summed E-state index contributed by atoms with van der Waals surface area (Å²) >= 11 is 2.90. The first-order valence-corrected chi connectivity index (χ1v) is 5.38. The van der Waals surface area contributed by atoms with Crippen LogP contribution in [0.5, 0.6) is 0 Å². The molecule has 0 heterocycles. The van der Waals surface area contributed by atoms with Gasteiger partial charge in [-0.25, -0.2) is 8.78 Å². The van der Waals surface area contributed by atoms with Crippen LogP contribution in [0.2, 0.25) is 0 Å². The summed E-state index contributed by atoms with van der Waals surface area (Å²) in [7, 11) is 0. The average Bonchev–Trinajstić information content (AvgIpc) is 2.16. The molecule has 6 heteroatoms. The summed E-state index contributed by atoms with van der Waals surface area (Å²) in [6, 6.07) is 1.61. The van der Waals surface area contributed by atoms with Crippen LogP contribution in [-0.2, 0) is 0 Å². The maximum Gasteiger partial charge on any atom is 0.133 e. The number of rotatable bonds is 4. The number of hydrogen-bond acceptors (Lipinski definition) is 3. The minimum Gasteiger partial charge on any atom is -0.396 e. The largest absolute Gasteiger partial charge is 0.396 e. The van der Waals surface area contributed by atoms with E-state index in [-0.39, 0.29) is 23.1 Å². The summed E-state index contributed by atoms with van der Waals surface area (Å²) in [4.78, 5) is 0. The Morgan fingerprint density at radius 1 is 1.25 bits per heavy atom. The van der Waals surface area contributed by atoms with E-state index < -0.39 is 23.8 Å². The van der Waals surface area contributed by atoms with Crippen LogP contribution in [0, 0.1) is 11.6 Å². The van der Waals surface area contributed by atoms with Crippen LogP contribution >= 0.6 is 15.9 Å². The number of hydrogen-bond donors (Lipinski definition) is 3. The van der Waals surface area contributed by atoms with Crippen LogP contribution in [0.1, 0.15) is 18.1 Å². The van der Waals surface area contributed by atoms with E-state index in [4.69, 9.17) is 5.11 Å². The van der Waals surface area contributed by atoms with Gasteiger partial charge in [0.2, 0.25) is 0 Å². The fraction of sp³-hybridized carbons (Fsp3) is 0.400. The molecule has 0 aliphatic carbocycles. The lowest BCUT2D eigenvalue weighted by Gasteiger charge is -2.19. The van der Waals surface area contributed by atoms with Crippen LogP contribution in [0.3, 0.4) is 0 Å². The molecule has 3 N–H and O–H groups in total. The smallest absolute Gasteiger partial charge is 0.133 e. The fourth-order valence-corrected chi connectivity index (χ4v) is 1.96. The van der Waals surface area contributed by atoms with Crippen molar-refractivity contribution in [2.45, 2.75) is 18.6 Å². The Morgan fingerprint density at radius 2 is 1.88 bits per heavy atom. The Morgan fingerprint density at radius 3 is 2.38 bits per heavy atom. The van der Waals surface area contributed by atoms with Crippen LogP contribution < -0.4 is 0 Å². The van der Waals surface area contributed by atoms with E-state index in [0.29, 0.717) is 6.07 Å². The summed E-state index contributed by atoms with van der Waals surface area (Å²) < 4.78 is 26.2. The SMILES string of the molecule is OCCC(O)C(O)c1c(F)cc(F)cc1Br. The van der Waals surface area contributed by atoms with Gasteiger partial charge in [0.05, 0.1) is 6.10 Å². The second-order valence-electron chi connectivity index (χ2n) is 3.31. The second-order valence-corrected chi connectivity index (χ2v) is 4.16. The van der Waals surface area contributed by atoms with E-state index in [9.17, 15) is 19.0 Å². The van der Waals surface area contributed by atoms with Crippen LogP contribution in [0.25, 0.3) is 0 Å². The maximum absolute atomic E-state index is 13.4. The van der Waals surface area contributed by atoms with Crippen LogP contribution in [-0.4, -0.2) is 28.0 Å². The molecule has 0 bridgehead atoms. The molecule has 16 heavy (non-hydrogen) atoms. The van der Waals surface area contributed by atoms with Gasteiger partial charge >= 0.3 is 0 Å². The summed E-state index contributed by atoms with van der Waals surface area (Å²) in [6.07, 6.45) is -2.91. The Kier molecular flexibility index (Phi) is 4.79. The van der Waals surface area contributed by atoms with E-state index >= 15 is 0 Å². The van der Waals surface area contributed by atoms with Gasteiger partial charge in [-0.1, -0.05) is 15.9 Å². The van der Waals surface area contributed by atoms with Crippen molar-refractivity contribution in [1.82, 2.24) is 0 Å². The molecule has 0 amide bonds. The molecule has 0 aliphatic rings. The van der Waals surface area contributed by atoms with E-state index in [1.807, 2.05) is 0 Å². The van der Waals surface area contributed by atoms with Gasteiger partial charge in [-0.15, -0.1) is 0 Å². The Balaban J connectivity index is 3.03.